The van der Waals surface area contributed by atoms with Crippen LogP contribution in [0.4, 0.5) is 5.82 Å². The highest BCUT2D eigenvalue weighted by atomic mass is 16.5. The molecule has 0 aliphatic rings. The Morgan fingerprint density at radius 1 is 1.04 bits per heavy atom. The molecule has 0 saturated heterocycles. The quantitative estimate of drug-likeness (QED) is 0.487. The minimum Gasteiger partial charge on any atom is -0.508 e. The third-order valence-electron chi connectivity index (χ3n) is 4.28. The second-order valence-electron chi connectivity index (χ2n) is 6.07. The van der Waals surface area contributed by atoms with E-state index < -0.39 is 0 Å². The van der Waals surface area contributed by atoms with E-state index >= 15 is 0 Å². The van der Waals surface area contributed by atoms with Crippen LogP contribution in [0.25, 0.3) is 22.6 Å². The number of hydrogen-bond acceptors (Lipinski definition) is 6. The first kappa shape index (κ1) is 16.8. The van der Waals surface area contributed by atoms with Gasteiger partial charge in [0.15, 0.2) is 17.3 Å². The van der Waals surface area contributed by atoms with Gasteiger partial charge in [-0.1, -0.05) is 12.1 Å². The number of ether oxygens (including phenoxy) is 1. The maximum absolute atomic E-state index is 9.38. The Morgan fingerprint density at radius 2 is 1.81 bits per heavy atom. The molecule has 0 aliphatic carbocycles. The van der Waals surface area contributed by atoms with Gasteiger partial charge in [-0.2, -0.15) is 0 Å². The Morgan fingerprint density at radius 3 is 2.56 bits per heavy atom. The summed E-state index contributed by atoms with van der Waals surface area (Å²) >= 11 is 0. The molecule has 3 N–H and O–H groups in total. The van der Waals surface area contributed by atoms with Crippen molar-refractivity contribution in [3.8, 4) is 22.9 Å². The van der Waals surface area contributed by atoms with Crippen molar-refractivity contribution in [1.29, 1.82) is 0 Å². The van der Waals surface area contributed by atoms with Gasteiger partial charge in [-0.05, 0) is 48.4 Å². The summed E-state index contributed by atoms with van der Waals surface area (Å²) in [7, 11) is 1.64. The Kier molecular flexibility index (Phi) is 4.57. The number of anilines is 1. The van der Waals surface area contributed by atoms with Crippen molar-refractivity contribution in [2.24, 2.45) is 0 Å². The molecule has 7 heteroatoms. The summed E-state index contributed by atoms with van der Waals surface area (Å²) in [6.45, 7) is 0.692. The largest absolute Gasteiger partial charge is 0.508 e. The van der Waals surface area contributed by atoms with Crippen LogP contribution in [0.15, 0.2) is 54.9 Å². The molecule has 0 unspecified atom stereocenters. The summed E-state index contributed by atoms with van der Waals surface area (Å²) in [6.07, 6.45) is 2.42. The van der Waals surface area contributed by atoms with Gasteiger partial charge < -0.3 is 20.1 Å². The zero-order chi connectivity index (χ0) is 18.6. The van der Waals surface area contributed by atoms with E-state index in [2.05, 4.69) is 25.3 Å². The number of phenols is 1. The van der Waals surface area contributed by atoms with Crippen molar-refractivity contribution in [2.45, 2.75) is 6.42 Å². The van der Waals surface area contributed by atoms with E-state index in [4.69, 9.17) is 4.74 Å². The van der Waals surface area contributed by atoms with Crippen LogP contribution in [-0.4, -0.2) is 38.7 Å². The molecule has 0 radical (unpaired) electrons. The number of rotatable bonds is 6. The van der Waals surface area contributed by atoms with Crippen LogP contribution in [0, 0.1) is 0 Å². The van der Waals surface area contributed by atoms with Gasteiger partial charge in [-0.15, -0.1) is 0 Å². The molecule has 0 fully saturated rings. The summed E-state index contributed by atoms with van der Waals surface area (Å²) < 4.78 is 5.20. The Labute approximate surface area is 156 Å². The first-order valence-electron chi connectivity index (χ1n) is 8.60. The van der Waals surface area contributed by atoms with Crippen molar-refractivity contribution >= 4 is 17.0 Å². The molecule has 0 bridgehead atoms. The van der Waals surface area contributed by atoms with Crippen LogP contribution in [0.3, 0.4) is 0 Å². The van der Waals surface area contributed by atoms with Gasteiger partial charge in [0.1, 0.15) is 17.0 Å². The summed E-state index contributed by atoms with van der Waals surface area (Å²) in [5.41, 5.74) is 3.41. The summed E-state index contributed by atoms with van der Waals surface area (Å²) in [5, 5.41) is 12.7. The number of hydrogen-bond donors (Lipinski definition) is 3. The SMILES string of the molecule is COc1ccc(-c2nc(NCCc3ccc(O)cc3)c3[nH]cnc3n2)cc1. The lowest BCUT2D eigenvalue weighted by Gasteiger charge is -2.09. The van der Waals surface area contributed by atoms with Crippen LogP contribution in [0.2, 0.25) is 0 Å². The molecule has 2 heterocycles. The second-order valence-corrected chi connectivity index (χ2v) is 6.07. The third kappa shape index (κ3) is 3.67. The maximum atomic E-state index is 9.38. The number of aromatic nitrogens is 4. The van der Waals surface area contributed by atoms with E-state index in [0.29, 0.717) is 23.8 Å². The third-order valence-corrected chi connectivity index (χ3v) is 4.28. The molecule has 27 heavy (non-hydrogen) atoms. The Hall–Kier alpha value is -3.61. The number of benzene rings is 2. The molecule has 4 aromatic rings. The van der Waals surface area contributed by atoms with E-state index in [0.717, 1.165) is 28.8 Å². The van der Waals surface area contributed by atoms with Gasteiger partial charge in [0.05, 0.1) is 13.4 Å². The average Bonchev–Trinajstić information content (AvgIpc) is 3.18. The fourth-order valence-electron chi connectivity index (χ4n) is 2.82. The number of fused-ring (bicyclic) bond motifs is 1. The normalized spacial score (nSPS) is 10.9. The molecule has 0 amide bonds. The highest BCUT2D eigenvalue weighted by Crippen LogP contribution is 2.24. The number of nitrogens with one attached hydrogen (secondary N) is 2. The lowest BCUT2D eigenvalue weighted by molar-refractivity contribution is 0.415. The molecular weight excluding hydrogens is 342 g/mol. The number of methoxy groups -OCH3 is 1. The smallest absolute Gasteiger partial charge is 0.183 e. The van der Waals surface area contributed by atoms with Crippen molar-refractivity contribution in [1.82, 2.24) is 19.9 Å². The Balaban J connectivity index is 1.57. The molecule has 7 nitrogen and oxygen atoms in total. The fourth-order valence-corrected chi connectivity index (χ4v) is 2.82. The van der Waals surface area contributed by atoms with Gasteiger partial charge >= 0.3 is 0 Å². The molecule has 0 aliphatic heterocycles. The average molecular weight is 361 g/mol. The van der Waals surface area contributed by atoms with Gasteiger partial charge in [-0.3, -0.25) is 0 Å². The molecule has 136 valence electrons. The van der Waals surface area contributed by atoms with E-state index in [1.54, 1.807) is 25.6 Å². The molecule has 4 rings (SSSR count). The first-order chi connectivity index (χ1) is 13.2. The highest BCUT2D eigenvalue weighted by molar-refractivity contribution is 5.84. The minimum absolute atomic E-state index is 0.269. The number of phenolic OH excluding ortho intramolecular Hbond substituents is 1. The summed E-state index contributed by atoms with van der Waals surface area (Å²) in [6, 6.07) is 14.8. The summed E-state index contributed by atoms with van der Waals surface area (Å²) in [4.78, 5) is 16.6. The minimum atomic E-state index is 0.269. The van der Waals surface area contributed by atoms with Gasteiger partial charge in [0, 0.05) is 12.1 Å². The molecule has 0 spiro atoms. The van der Waals surface area contributed by atoms with Crippen LogP contribution in [0.1, 0.15) is 5.56 Å². The number of aromatic hydroxyl groups is 1. The number of aromatic amines is 1. The van der Waals surface area contributed by atoms with Gasteiger partial charge in [0.25, 0.3) is 0 Å². The van der Waals surface area contributed by atoms with Crippen LogP contribution < -0.4 is 10.1 Å². The van der Waals surface area contributed by atoms with Crippen molar-refractivity contribution < 1.29 is 9.84 Å². The van der Waals surface area contributed by atoms with E-state index in [1.807, 2.05) is 36.4 Å². The zero-order valence-electron chi connectivity index (χ0n) is 14.8. The molecule has 0 saturated carbocycles. The van der Waals surface area contributed by atoms with E-state index in [-0.39, 0.29) is 5.75 Å². The van der Waals surface area contributed by atoms with Crippen molar-refractivity contribution in [3.05, 3.63) is 60.4 Å². The van der Waals surface area contributed by atoms with E-state index in [9.17, 15) is 5.11 Å². The molecular formula is C20H19N5O2. The number of nitrogens with zero attached hydrogens (tertiary/aromatic N) is 3. The van der Waals surface area contributed by atoms with Crippen LogP contribution in [0.5, 0.6) is 11.5 Å². The van der Waals surface area contributed by atoms with Crippen molar-refractivity contribution in [3.63, 3.8) is 0 Å². The van der Waals surface area contributed by atoms with Crippen LogP contribution in [-0.2, 0) is 6.42 Å². The fraction of sp³-hybridized carbons (Fsp3) is 0.150. The van der Waals surface area contributed by atoms with Gasteiger partial charge in [0.2, 0.25) is 0 Å². The Bertz CT molecular complexity index is 1040. The van der Waals surface area contributed by atoms with Crippen LogP contribution >= 0.6 is 0 Å². The zero-order valence-corrected chi connectivity index (χ0v) is 14.8. The van der Waals surface area contributed by atoms with Crippen molar-refractivity contribution in [2.75, 3.05) is 19.0 Å². The second kappa shape index (κ2) is 7.33. The monoisotopic (exact) mass is 361 g/mol. The maximum Gasteiger partial charge on any atom is 0.183 e. The molecule has 0 atom stereocenters. The molecule has 2 aromatic carbocycles. The predicted octanol–water partition coefficient (Wildman–Crippen LogP) is 3.39. The topological polar surface area (TPSA) is 95.9 Å². The molecule has 2 aromatic heterocycles. The van der Waals surface area contributed by atoms with Gasteiger partial charge in [-0.25, -0.2) is 15.0 Å². The predicted molar refractivity (Wildman–Crippen MR) is 104 cm³/mol. The first-order valence-corrected chi connectivity index (χ1v) is 8.60. The van der Waals surface area contributed by atoms with E-state index in [1.165, 1.54) is 0 Å². The number of H-pyrrole nitrogens is 1. The standard InChI is InChI=1S/C20H19N5O2/c1-27-16-8-4-14(5-9-16)18-24-19(17-20(25-18)23-12-22-17)21-11-10-13-2-6-15(26)7-3-13/h2-9,12,26H,10-11H2,1H3,(H2,21,22,23,24,25). The number of imidazole rings is 1. The summed E-state index contributed by atoms with van der Waals surface area (Å²) in [5.74, 6) is 2.36. The highest BCUT2D eigenvalue weighted by Gasteiger charge is 2.11. The lowest BCUT2D eigenvalue weighted by atomic mass is 10.1. The lowest BCUT2D eigenvalue weighted by Crippen LogP contribution is -2.08.